The molecule has 2 rings (SSSR count). The topological polar surface area (TPSA) is 12.0 Å². The average Bonchev–Trinajstić information content (AvgIpc) is 2.47. The largest absolute Gasteiger partial charge is 0.310 e. The van der Waals surface area contributed by atoms with Gasteiger partial charge in [-0.05, 0) is 74.0 Å². The van der Waals surface area contributed by atoms with E-state index in [2.05, 4.69) is 76.3 Å². The Bertz CT molecular complexity index is 573. The fourth-order valence-electron chi connectivity index (χ4n) is 3.14. The molecule has 1 unspecified atom stereocenters. The number of likely N-dealkylation sites (N-methyl/N-ethyl adjacent to an activating group) is 1. The van der Waals surface area contributed by atoms with Crippen molar-refractivity contribution in [3.8, 4) is 0 Å². The van der Waals surface area contributed by atoms with Gasteiger partial charge in [0, 0.05) is 6.04 Å². The van der Waals surface area contributed by atoms with Gasteiger partial charge in [-0.3, -0.25) is 0 Å². The van der Waals surface area contributed by atoms with Crippen molar-refractivity contribution in [1.82, 2.24) is 5.32 Å². The molecule has 0 radical (unpaired) electrons. The third kappa shape index (κ3) is 3.54. The molecule has 0 spiro atoms. The molecule has 0 saturated heterocycles. The highest BCUT2D eigenvalue weighted by atomic mass is 14.9. The minimum atomic E-state index is 0.385. The smallest absolute Gasteiger partial charge is 0.0366 e. The van der Waals surface area contributed by atoms with Crippen LogP contribution in [0, 0.1) is 27.7 Å². The molecule has 1 atom stereocenters. The molecule has 0 saturated carbocycles. The summed E-state index contributed by atoms with van der Waals surface area (Å²) in [6.45, 7) is 12.1. The van der Waals surface area contributed by atoms with E-state index < -0.39 is 0 Å². The van der Waals surface area contributed by atoms with Crippen LogP contribution in [-0.2, 0) is 6.42 Å². The molecule has 2 aromatic carbocycles. The Morgan fingerprint density at radius 2 is 1.48 bits per heavy atom. The van der Waals surface area contributed by atoms with E-state index in [1.807, 2.05) is 0 Å². The van der Waals surface area contributed by atoms with Crippen molar-refractivity contribution in [3.05, 3.63) is 69.8 Å². The maximum absolute atomic E-state index is 3.68. The summed E-state index contributed by atoms with van der Waals surface area (Å²) in [5.74, 6) is 0. The maximum atomic E-state index is 3.68. The van der Waals surface area contributed by atoms with Crippen molar-refractivity contribution in [2.45, 2.75) is 47.1 Å². The lowest BCUT2D eigenvalue weighted by molar-refractivity contribution is 0.544. The summed E-state index contributed by atoms with van der Waals surface area (Å²) in [5, 5.41) is 3.68. The first kappa shape index (κ1) is 15.8. The molecule has 0 fully saturated rings. The van der Waals surface area contributed by atoms with Crippen LogP contribution in [-0.4, -0.2) is 6.54 Å². The SMILES string of the molecule is CCNC(Cc1ccccc1)c1c(C)c(C)cc(C)c1C. The fourth-order valence-corrected chi connectivity index (χ4v) is 3.14. The van der Waals surface area contributed by atoms with Gasteiger partial charge in [0.1, 0.15) is 0 Å². The van der Waals surface area contributed by atoms with Gasteiger partial charge in [0.2, 0.25) is 0 Å². The van der Waals surface area contributed by atoms with Gasteiger partial charge in [0.05, 0.1) is 0 Å². The molecule has 0 amide bonds. The Labute approximate surface area is 129 Å². The first-order valence-corrected chi connectivity index (χ1v) is 7.89. The first-order valence-electron chi connectivity index (χ1n) is 7.89. The second-order valence-corrected chi connectivity index (χ2v) is 5.97. The van der Waals surface area contributed by atoms with Crippen LogP contribution in [0.2, 0.25) is 0 Å². The second-order valence-electron chi connectivity index (χ2n) is 5.97. The lowest BCUT2D eigenvalue weighted by atomic mass is 9.87. The second kappa shape index (κ2) is 6.91. The molecule has 0 aliphatic rings. The molecule has 0 bridgehead atoms. The zero-order valence-corrected chi connectivity index (χ0v) is 14.0. The molecule has 1 N–H and O–H groups in total. The van der Waals surface area contributed by atoms with Gasteiger partial charge in [-0.2, -0.15) is 0 Å². The monoisotopic (exact) mass is 281 g/mol. The molecule has 1 nitrogen and oxygen atoms in total. The van der Waals surface area contributed by atoms with Crippen molar-refractivity contribution in [2.75, 3.05) is 6.54 Å². The van der Waals surface area contributed by atoms with E-state index in [0.717, 1.165) is 13.0 Å². The highest BCUT2D eigenvalue weighted by Crippen LogP contribution is 2.29. The number of benzene rings is 2. The number of nitrogens with one attached hydrogen (secondary N) is 1. The van der Waals surface area contributed by atoms with Crippen molar-refractivity contribution in [1.29, 1.82) is 0 Å². The summed E-state index contributed by atoms with van der Waals surface area (Å²) in [6.07, 6.45) is 1.04. The summed E-state index contributed by atoms with van der Waals surface area (Å²) in [4.78, 5) is 0. The predicted octanol–water partition coefficient (Wildman–Crippen LogP) is 4.81. The van der Waals surface area contributed by atoms with Gasteiger partial charge >= 0.3 is 0 Å². The minimum Gasteiger partial charge on any atom is -0.310 e. The third-order valence-corrected chi connectivity index (χ3v) is 4.51. The summed E-state index contributed by atoms with van der Waals surface area (Å²) in [6, 6.07) is 13.5. The summed E-state index contributed by atoms with van der Waals surface area (Å²) in [7, 11) is 0. The van der Waals surface area contributed by atoms with E-state index in [9.17, 15) is 0 Å². The van der Waals surface area contributed by atoms with Gasteiger partial charge in [-0.1, -0.05) is 43.3 Å². The lowest BCUT2D eigenvalue weighted by Crippen LogP contribution is -2.25. The van der Waals surface area contributed by atoms with Gasteiger partial charge in [-0.25, -0.2) is 0 Å². The Morgan fingerprint density at radius 1 is 0.905 bits per heavy atom. The lowest BCUT2D eigenvalue weighted by Gasteiger charge is -2.25. The van der Waals surface area contributed by atoms with Crippen molar-refractivity contribution < 1.29 is 0 Å². The number of rotatable bonds is 5. The van der Waals surface area contributed by atoms with E-state index in [-0.39, 0.29) is 0 Å². The predicted molar refractivity (Wildman–Crippen MR) is 92.0 cm³/mol. The van der Waals surface area contributed by atoms with Crippen LogP contribution in [0.4, 0.5) is 0 Å². The molecule has 0 aliphatic heterocycles. The standard InChI is InChI=1S/C20H27N/c1-6-21-19(13-18-10-8-7-9-11-18)20-16(4)14(2)12-15(3)17(20)5/h7-12,19,21H,6,13H2,1-5H3. The van der Waals surface area contributed by atoms with Crippen LogP contribution in [0.15, 0.2) is 36.4 Å². The molecular formula is C20H27N. The maximum Gasteiger partial charge on any atom is 0.0366 e. The zero-order valence-electron chi connectivity index (χ0n) is 14.0. The molecule has 112 valence electrons. The molecule has 2 aromatic rings. The molecule has 21 heavy (non-hydrogen) atoms. The number of aryl methyl sites for hydroxylation is 2. The average molecular weight is 281 g/mol. The quantitative estimate of drug-likeness (QED) is 0.829. The minimum absolute atomic E-state index is 0.385. The molecule has 0 aromatic heterocycles. The summed E-state index contributed by atoms with van der Waals surface area (Å²) < 4.78 is 0. The first-order chi connectivity index (χ1) is 10.0. The van der Waals surface area contributed by atoms with E-state index in [0.29, 0.717) is 6.04 Å². The van der Waals surface area contributed by atoms with Crippen molar-refractivity contribution >= 4 is 0 Å². The normalized spacial score (nSPS) is 12.4. The highest BCUT2D eigenvalue weighted by Gasteiger charge is 2.18. The van der Waals surface area contributed by atoms with Crippen molar-refractivity contribution in [3.63, 3.8) is 0 Å². The van der Waals surface area contributed by atoms with Gasteiger partial charge < -0.3 is 5.32 Å². The third-order valence-electron chi connectivity index (χ3n) is 4.51. The Balaban J connectivity index is 2.43. The van der Waals surface area contributed by atoms with E-state index in [1.165, 1.54) is 33.4 Å². The Kier molecular flexibility index (Phi) is 5.19. The van der Waals surface area contributed by atoms with Crippen LogP contribution in [0.1, 0.15) is 46.3 Å². The van der Waals surface area contributed by atoms with Crippen LogP contribution < -0.4 is 5.32 Å². The fraction of sp³-hybridized carbons (Fsp3) is 0.400. The van der Waals surface area contributed by atoms with Crippen LogP contribution >= 0.6 is 0 Å². The van der Waals surface area contributed by atoms with Crippen LogP contribution in [0.25, 0.3) is 0 Å². The summed E-state index contributed by atoms with van der Waals surface area (Å²) in [5.41, 5.74) is 8.52. The molecular weight excluding hydrogens is 254 g/mol. The number of hydrogen-bond acceptors (Lipinski definition) is 1. The molecule has 0 heterocycles. The Morgan fingerprint density at radius 3 is 2.00 bits per heavy atom. The van der Waals surface area contributed by atoms with Gasteiger partial charge in [0.15, 0.2) is 0 Å². The van der Waals surface area contributed by atoms with E-state index in [4.69, 9.17) is 0 Å². The van der Waals surface area contributed by atoms with E-state index >= 15 is 0 Å². The summed E-state index contributed by atoms with van der Waals surface area (Å²) >= 11 is 0. The molecule has 1 heteroatoms. The van der Waals surface area contributed by atoms with E-state index in [1.54, 1.807) is 0 Å². The zero-order chi connectivity index (χ0) is 15.4. The van der Waals surface area contributed by atoms with Gasteiger partial charge in [-0.15, -0.1) is 0 Å². The van der Waals surface area contributed by atoms with Crippen molar-refractivity contribution in [2.24, 2.45) is 0 Å². The molecule has 0 aliphatic carbocycles. The van der Waals surface area contributed by atoms with Crippen LogP contribution in [0.5, 0.6) is 0 Å². The number of hydrogen-bond donors (Lipinski definition) is 1. The van der Waals surface area contributed by atoms with Gasteiger partial charge in [0.25, 0.3) is 0 Å². The highest BCUT2D eigenvalue weighted by molar-refractivity contribution is 5.46. The van der Waals surface area contributed by atoms with Crippen LogP contribution in [0.3, 0.4) is 0 Å². The Hall–Kier alpha value is -1.60.